The van der Waals surface area contributed by atoms with Crippen molar-refractivity contribution in [3.8, 4) is 0 Å². The fourth-order valence-corrected chi connectivity index (χ4v) is 7.47. The molecule has 45 heavy (non-hydrogen) atoms. The molecule has 1 aliphatic rings. The molecule has 1 aromatic heterocycles. The van der Waals surface area contributed by atoms with E-state index in [1.165, 1.54) is 18.2 Å². The van der Waals surface area contributed by atoms with Crippen LogP contribution in [0.1, 0.15) is 12.5 Å². The second-order valence-corrected chi connectivity index (χ2v) is 13.1. The number of aliphatic carboxylic acids is 1. The number of rotatable bonds is 9. The van der Waals surface area contributed by atoms with Crippen LogP contribution in [-0.4, -0.2) is 58.4 Å². The Bertz CT molecular complexity index is 2470. The number of carboxylic acids is 1. The summed E-state index contributed by atoms with van der Waals surface area (Å²) in [7, 11) is -8.88. The largest absolute Gasteiger partial charge is 0.477 e. The molecular weight excluding hydrogens is 617 g/mol. The smallest absolute Gasteiger partial charge is 0.370 e. The zero-order valence-corrected chi connectivity index (χ0v) is 25.5. The Morgan fingerprint density at radius 3 is 2.04 bits per heavy atom. The van der Waals surface area contributed by atoms with Gasteiger partial charge in [-0.3, -0.25) is 9.11 Å². The molecule has 2 heterocycles. The first-order valence-electron chi connectivity index (χ1n) is 13.8. The molecule has 0 bridgehead atoms. The van der Waals surface area contributed by atoms with Crippen LogP contribution in [0.3, 0.4) is 0 Å². The van der Waals surface area contributed by atoms with Gasteiger partial charge in [0.05, 0.1) is 10.9 Å². The normalized spacial score (nSPS) is 14.6. The zero-order valence-electron chi connectivity index (χ0n) is 23.8. The van der Waals surface area contributed by atoms with E-state index in [1.807, 2.05) is 31.2 Å². The number of nitrogens with zero attached hydrogens (tertiary/aromatic N) is 2. The molecule has 3 N–H and O–H groups in total. The first-order chi connectivity index (χ1) is 21.4. The van der Waals surface area contributed by atoms with Gasteiger partial charge in [-0.15, -0.1) is 0 Å². The van der Waals surface area contributed by atoms with Crippen molar-refractivity contribution in [1.82, 2.24) is 4.57 Å². The maximum atomic E-state index is 12.0. The SMILES string of the molecule is CCn1/c(=C/C=C/C=C/C=C/C2=[N+](CC(=O)O)c3ccc(S(=O)(=O)O)c4cccc2c34)c2cccc3c(S(=O)(=O)O)ccc1c32. The van der Waals surface area contributed by atoms with Crippen LogP contribution in [0.15, 0.2) is 107 Å². The van der Waals surface area contributed by atoms with Crippen LogP contribution in [-0.2, 0) is 31.6 Å². The van der Waals surface area contributed by atoms with E-state index in [0.717, 1.165) is 21.6 Å². The monoisotopic (exact) mass is 643 g/mol. The molecule has 5 aromatic rings. The van der Waals surface area contributed by atoms with E-state index < -0.39 is 26.2 Å². The maximum absolute atomic E-state index is 12.0. The Labute approximate surface area is 258 Å². The summed E-state index contributed by atoms with van der Waals surface area (Å²) in [6.45, 7) is 2.29. The summed E-state index contributed by atoms with van der Waals surface area (Å²) >= 11 is 0. The molecule has 0 unspecified atom stereocenters. The number of carbonyl (C=O) groups is 1. The van der Waals surface area contributed by atoms with Crippen LogP contribution >= 0.6 is 0 Å². The van der Waals surface area contributed by atoms with Gasteiger partial charge < -0.3 is 9.67 Å². The van der Waals surface area contributed by atoms with Gasteiger partial charge in [0.15, 0.2) is 0 Å². The first kappa shape index (κ1) is 30.2. The quantitative estimate of drug-likeness (QED) is 0.117. The molecule has 0 saturated carbocycles. The van der Waals surface area contributed by atoms with Gasteiger partial charge in [0.1, 0.15) is 9.79 Å². The van der Waals surface area contributed by atoms with Crippen molar-refractivity contribution in [2.45, 2.75) is 23.3 Å². The lowest BCUT2D eigenvalue weighted by Gasteiger charge is -2.05. The maximum Gasteiger partial charge on any atom is 0.370 e. The molecule has 0 saturated heterocycles. The molecular formula is C33H27N2O8S2+. The van der Waals surface area contributed by atoms with Crippen molar-refractivity contribution >= 4 is 76.1 Å². The third-order valence-electron chi connectivity index (χ3n) is 7.79. The van der Waals surface area contributed by atoms with E-state index in [2.05, 4.69) is 4.57 Å². The van der Waals surface area contributed by atoms with Gasteiger partial charge in [-0.25, -0.2) is 4.79 Å². The molecule has 228 valence electrons. The van der Waals surface area contributed by atoms with Crippen LogP contribution in [0.2, 0.25) is 0 Å². The van der Waals surface area contributed by atoms with E-state index >= 15 is 0 Å². The molecule has 6 rings (SSSR count). The number of hydrogen-bond donors (Lipinski definition) is 3. The molecule has 12 heteroatoms. The van der Waals surface area contributed by atoms with Crippen LogP contribution in [0.5, 0.6) is 0 Å². The van der Waals surface area contributed by atoms with Gasteiger partial charge in [0, 0.05) is 51.1 Å². The average Bonchev–Trinajstić information content (AvgIpc) is 3.45. The average molecular weight is 644 g/mol. The highest BCUT2D eigenvalue weighted by Crippen LogP contribution is 2.38. The third-order valence-corrected chi connectivity index (χ3v) is 9.61. The highest BCUT2D eigenvalue weighted by Gasteiger charge is 2.34. The minimum atomic E-state index is -4.49. The van der Waals surface area contributed by atoms with Gasteiger partial charge in [0.25, 0.3) is 20.2 Å². The zero-order chi connectivity index (χ0) is 32.1. The number of aryl methyl sites for hydroxylation is 1. The highest BCUT2D eigenvalue weighted by molar-refractivity contribution is 7.86. The molecule has 0 fully saturated rings. The Hall–Kier alpha value is -4.88. The molecule has 0 radical (unpaired) electrons. The van der Waals surface area contributed by atoms with Gasteiger partial charge in [0.2, 0.25) is 17.9 Å². The predicted molar refractivity (Wildman–Crippen MR) is 172 cm³/mol. The molecule has 0 atom stereocenters. The van der Waals surface area contributed by atoms with Crippen LogP contribution in [0, 0.1) is 0 Å². The summed E-state index contributed by atoms with van der Waals surface area (Å²) in [4.78, 5) is 11.3. The first-order valence-corrected chi connectivity index (χ1v) is 16.7. The molecule has 0 spiro atoms. The minimum absolute atomic E-state index is 0.133. The number of benzene rings is 4. The Morgan fingerprint density at radius 2 is 1.38 bits per heavy atom. The lowest BCUT2D eigenvalue weighted by molar-refractivity contribution is -0.425. The van der Waals surface area contributed by atoms with Crippen molar-refractivity contribution in [3.63, 3.8) is 0 Å². The van der Waals surface area contributed by atoms with Crippen molar-refractivity contribution in [2.75, 3.05) is 6.54 Å². The number of hydrogen-bond acceptors (Lipinski definition) is 5. The molecule has 1 aliphatic heterocycles. The van der Waals surface area contributed by atoms with Crippen molar-refractivity contribution < 1.29 is 40.4 Å². The third kappa shape index (κ3) is 5.27. The lowest BCUT2D eigenvalue weighted by atomic mass is 10.0. The number of carboxylic acid groups (broad SMARTS) is 1. The number of aromatic nitrogens is 1. The summed E-state index contributed by atoms with van der Waals surface area (Å²) in [6, 6.07) is 16.2. The second-order valence-electron chi connectivity index (χ2n) is 10.4. The Balaban J connectivity index is 1.34. The van der Waals surface area contributed by atoms with Gasteiger partial charge in [-0.1, -0.05) is 60.7 Å². The van der Waals surface area contributed by atoms with E-state index in [9.17, 15) is 35.8 Å². The van der Waals surface area contributed by atoms with Gasteiger partial charge >= 0.3 is 5.97 Å². The van der Waals surface area contributed by atoms with Crippen LogP contribution in [0.4, 0.5) is 5.69 Å². The van der Waals surface area contributed by atoms with E-state index in [0.29, 0.717) is 39.7 Å². The number of allylic oxidation sites excluding steroid dienone is 6. The fourth-order valence-electron chi connectivity index (χ4n) is 6.09. The molecule has 0 aliphatic carbocycles. The lowest BCUT2D eigenvalue weighted by Crippen LogP contribution is -2.19. The summed E-state index contributed by atoms with van der Waals surface area (Å²) in [5.41, 5.74) is 2.60. The van der Waals surface area contributed by atoms with Crippen molar-refractivity contribution in [3.05, 3.63) is 108 Å². The molecule has 10 nitrogen and oxygen atoms in total. The standard InChI is InChI=1S/C33H26N2O8S2/c1-2-34-25(21-10-8-12-23-29(44(38,39)40)18-16-27(34)32(21)23)14-6-4-3-5-7-15-26-22-11-9-13-24-30(45(41,42)43)19-17-28(33(22)24)35(26)20-31(36)37/h3-19H,2,20H2,1H3,(H2-,36,37,38,39,40,41,42,43)/p+1. The highest BCUT2D eigenvalue weighted by atomic mass is 32.2. The minimum Gasteiger partial charge on any atom is -0.477 e. The van der Waals surface area contributed by atoms with Gasteiger partial charge in [-0.2, -0.15) is 21.4 Å². The van der Waals surface area contributed by atoms with Crippen molar-refractivity contribution in [1.29, 1.82) is 0 Å². The molecule has 0 amide bonds. The summed E-state index contributed by atoms with van der Waals surface area (Å²) in [6.07, 6.45) is 12.6. The van der Waals surface area contributed by atoms with Crippen LogP contribution < -0.4 is 5.35 Å². The van der Waals surface area contributed by atoms with Crippen molar-refractivity contribution in [2.24, 2.45) is 0 Å². The summed E-state index contributed by atoms with van der Waals surface area (Å²) < 4.78 is 71.0. The van der Waals surface area contributed by atoms with E-state index in [4.69, 9.17) is 0 Å². The summed E-state index contributed by atoms with van der Waals surface area (Å²) in [5.74, 6) is -1.06. The van der Waals surface area contributed by atoms with E-state index in [-0.39, 0.29) is 16.3 Å². The fraction of sp³-hybridized carbons (Fsp3) is 0.0909. The summed E-state index contributed by atoms with van der Waals surface area (Å²) in [5, 5.41) is 13.4. The Kier molecular flexibility index (Phi) is 7.53. The van der Waals surface area contributed by atoms with Crippen LogP contribution in [0.25, 0.3) is 38.5 Å². The van der Waals surface area contributed by atoms with E-state index in [1.54, 1.807) is 65.3 Å². The molecule has 4 aromatic carbocycles. The second kappa shape index (κ2) is 11.2. The topological polar surface area (TPSA) is 154 Å². The predicted octanol–water partition coefficient (Wildman–Crippen LogP) is 4.86. The van der Waals surface area contributed by atoms with Gasteiger partial charge in [-0.05, 0) is 37.3 Å². The Morgan fingerprint density at radius 1 is 0.778 bits per heavy atom.